The third-order valence-corrected chi connectivity index (χ3v) is 8.10. The zero-order valence-electron chi connectivity index (χ0n) is 24.0. The van der Waals surface area contributed by atoms with Crippen molar-refractivity contribution in [2.45, 2.75) is 52.2 Å². The van der Waals surface area contributed by atoms with Crippen LogP contribution in [0.3, 0.4) is 0 Å². The monoisotopic (exact) mass is 548 g/mol. The number of rotatable bonds is 9. The minimum atomic E-state index is -0.0982. The van der Waals surface area contributed by atoms with Crippen molar-refractivity contribution in [3.05, 3.63) is 102 Å². The highest BCUT2D eigenvalue weighted by Crippen LogP contribution is 2.35. The molecule has 210 valence electrons. The third kappa shape index (κ3) is 5.20. The van der Waals surface area contributed by atoms with E-state index in [0.717, 1.165) is 41.2 Å². The van der Waals surface area contributed by atoms with Gasteiger partial charge < -0.3 is 19.4 Å². The molecule has 3 aromatic carbocycles. The fourth-order valence-corrected chi connectivity index (χ4v) is 5.63. The first kappa shape index (κ1) is 26.7. The number of aromatic amines is 1. The van der Waals surface area contributed by atoms with Crippen molar-refractivity contribution in [1.82, 2.24) is 35.3 Å². The van der Waals surface area contributed by atoms with Crippen LogP contribution in [-0.4, -0.2) is 67.3 Å². The molecule has 2 aliphatic heterocycles. The summed E-state index contributed by atoms with van der Waals surface area (Å²) in [7, 11) is 1.76. The molecule has 3 heterocycles. The molecule has 0 fully saturated rings. The summed E-state index contributed by atoms with van der Waals surface area (Å²) in [5, 5.41) is 14.7. The molecular formula is C32H36N8O. The molecule has 9 nitrogen and oxygen atoms in total. The summed E-state index contributed by atoms with van der Waals surface area (Å²) < 4.78 is 5.80. The summed E-state index contributed by atoms with van der Waals surface area (Å²) in [5.74, 6) is 1.60. The molecule has 0 amide bonds. The van der Waals surface area contributed by atoms with Crippen LogP contribution in [0.2, 0.25) is 0 Å². The van der Waals surface area contributed by atoms with Gasteiger partial charge in [-0.15, -0.1) is 10.2 Å². The smallest absolute Gasteiger partial charge is 0.205 e. The Hall–Kier alpha value is -4.50. The number of nitrogens with one attached hydrogen (secondary N) is 1. The summed E-state index contributed by atoms with van der Waals surface area (Å²) in [6, 6.07) is 27.8. The fourth-order valence-electron chi connectivity index (χ4n) is 5.63. The number of nitrogens with zero attached hydrogens (tertiary/aromatic N) is 7. The molecular weight excluding hydrogens is 512 g/mol. The van der Waals surface area contributed by atoms with E-state index in [1.54, 1.807) is 7.11 Å². The van der Waals surface area contributed by atoms with Crippen LogP contribution in [0.1, 0.15) is 44.4 Å². The first-order chi connectivity index (χ1) is 20.1. The van der Waals surface area contributed by atoms with Crippen molar-refractivity contribution >= 4 is 5.84 Å². The molecule has 0 saturated carbocycles. The molecule has 0 saturated heterocycles. The number of hydrogen-bond donors (Lipinski definition) is 1. The Kier molecular flexibility index (Phi) is 7.52. The largest absolute Gasteiger partial charge is 0.362 e. The second kappa shape index (κ2) is 11.5. The van der Waals surface area contributed by atoms with Crippen LogP contribution in [0.5, 0.6) is 0 Å². The van der Waals surface area contributed by atoms with Crippen LogP contribution in [-0.2, 0) is 11.3 Å². The van der Waals surface area contributed by atoms with Gasteiger partial charge in [0.25, 0.3) is 0 Å². The Morgan fingerprint density at radius 1 is 0.951 bits per heavy atom. The van der Waals surface area contributed by atoms with Crippen LogP contribution in [0.25, 0.3) is 22.5 Å². The number of ether oxygens (including phenoxy) is 1. The van der Waals surface area contributed by atoms with Crippen molar-refractivity contribution in [1.29, 1.82) is 0 Å². The molecule has 9 heteroatoms. The minimum Gasteiger partial charge on any atom is -0.362 e. The number of H-pyrrole nitrogens is 1. The molecule has 0 spiro atoms. The standard InChI is InChI=1S/C32H36N8O/c1-5-30-33-32-29(20-38(21-40(32)23(3)41-4)22(2)25-11-7-6-8-12-25)39(30)19-24-15-17-26(18-16-24)27-13-9-10-14-28(27)31-34-36-37-35-31/h6-18,20,22-23,30H,5,19,21H2,1-4H3,(H,34,35,36,37). The number of amidine groups is 1. The van der Waals surface area contributed by atoms with Gasteiger partial charge in [-0.2, -0.15) is 5.21 Å². The first-order valence-corrected chi connectivity index (χ1v) is 14.2. The van der Waals surface area contributed by atoms with Crippen molar-refractivity contribution in [2.24, 2.45) is 4.99 Å². The Bertz CT molecular complexity index is 1520. The maximum atomic E-state index is 5.80. The van der Waals surface area contributed by atoms with E-state index in [-0.39, 0.29) is 18.4 Å². The van der Waals surface area contributed by atoms with Crippen molar-refractivity contribution in [3.8, 4) is 22.5 Å². The Morgan fingerprint density at radius 2 is 1.68 bits per heavy atom. The zero-order chi connectivity index (χ0) is 28.3. The second-order valence-corrected chi connectivity index (χ2v) is 10.5. The molecule has 0 aliphatic carbocycles. The average Bonchev–Trinajstić information content (AvgIpc) is 3.69. The molecule has 3 atom stereocenters. The maximum absolute atomic E-state index is 5.80. The summed E-state index contributed by atoms with van der Waals surface area (Å²) in [4.78, 5) is 12.3. The number of aromatic nitrogens is 4. The van der Waals surface area contributed by atoms with Gasteiger partial charge in [-0.1, -0.05) is 85.8 Å². The van der Waals surface area contributed by atoms with E-state index in [1.807, 2.05) is 18.2 Å². The summed E-state index contributed by atoms with van der Waals surface area (Å²) in [6.07, 6.45) is 3.17. The number of methoxy groups -OCH3 is 1. The van der Waals surface area contributed by atoms with E-state index in [9.17, 15) is 0 Å². The summed E-state index contributed by atoms with van der Waals surface area (Å²) >= 11 is 0. The van der Waals surface area contributed by atoms with Crippen LogP contribution < -0.4 is 0 Å². The van der Waals surface area contributed by atoms with Gasteiger partial charge in [0.05, 0.1) is 18.4 Å². The lowest BCUT2D eigenvalue weighted by atomic mass is 9.98. The average molecular weight is 549 g/mol. The Balaban J connectivity index is 1.29. The van der Waals surface area contributed by atoms with Crippen molar-refractivity contribution in [3.63, 3.8) is 0 Å². The SMILES string of the molecule is CCC1N=C2C(=CN(C(C)c3ccccc3)CN2C(C)OC)N1Cc1ccc(-c2ccccc2-c2nn[nH]n2)cc1. The molecule has 3 unspecified atom stereocenters. The van der Waals surface area contributed by atoms with Gasteiger partial charge in [0.1, 0.15) is 12.4 Å². The highest BCUT2D eigenvalue weighted by Gasteiger charge is 2.39. The fraction of sp³-hybridized carbons (Fsp3) is 0.312. The van der Waals surface area contributed by atoms with Gasteiger partial charge in [0, 0.05) is 25.4 Å². The topological polar surface area (TPSA) is 85.8 Å². The van der Waals surface area contributed by atoms with E-state index in [0.29, 0.717) is 12.5 Å². The number of tetrazole rings is 1. The van der Waals surface area contributed by atoms with E-state index < -0.39 is 0 Å². The number of benzene rings is 3. The molecule has 2 aliphatic rings. The lowest BCUT2D eigenvalue weighted by Gasteiger charge is -2.42. The van der Waals surface area contributed by atoms with Crippen molar-refractivity contribution in [2.75, 3.05) is 13.8 Å². The highest BCUT2D eigenvalue weighted by atomic mass is 16.5. The first-order valence-electron chi connectivity index (χ1n) is 14.2. The molecule has 0 radical (unpaired) electrons. The lowest BCUT2D eigenvalue weighted by molar-refractivity contribution is -0.00535. The van der Waals surface area contributed by atoms with Crippen molar-refractivity contribution < 1.29 is 4.74 Å². The van der Waals surface area contributed by atoms with Gasteiger partial charge in [-0.05, 0) is 47.7 Å². The van der Waals surface area contributed by atoms with E-state index >= 15 is 0 Å². The zero-order valence-corrected chi connectivity index (χ0v) is 24.0. The van der Waals surface area contributed by atoms with Gasteiger partial charge in [0.2, 0.25) is 5.82 Å². The van der Waals surface area contributed by atoms with E-state index in [2.05, 4.69) is 123 Å². The van der Waals surface area contributed by atoms with Crippen LogP contribution >= 0.6 is 0 Å². The molecule has 41 heavy (non-hydrogen) atoms. The molecule has 6 rings (SSSR count). The Morgan fingerprint density at radius 3 is 2.37 bits per heavy atom. The van der Waals surface area contributed by atoms with Gasteiger partial charge in [-0.25, -0.2) is 4.99 Å². The molecule has 0 bridgehead atoms. The van der Waals surface area contributed by atoms with Crippen LogP contribution in [0, 0.1) is 0 Å². The van der Waals surface area contributed by atoms with Crippen LogP contribution in [0.4, 0.5) is 0 Å². The minimum absolute atomic E-state index is 0.0634. The molecule has 1 aromatic heterocycles. The number of fused-ring (bicyclic) bond motifs is 1. The highest BCUT2D eigenvalue weighted by molar-refractivity contribution is 6.00. The predicted molar refractivity (Wildman–Crippen MR) is 160 cm³/mol. The van der Waals surface area contributed by atoms with Gasteiger partial charge in [0.15, 0.2) is 5.84 Å². The lowest BCUT2D eigenvalue weighted by Crippen LogP contribution is -2.50. The second-order valence-electron chi connectivity index (χ2n) is 10.5. The molecule has 1 N–H and O–H groups in total. The van der Waals surface area contributed by atoms with Gasteiger partial charge in [-0.3, -0.25) is 0 Å². The number of hydrogen-bond acceptors (Lipinski definition) is 8. The summed E-state index contributed by atoms with van der Waals surface area (Å²) in [5.41, 5.74) is 6.78. The normalized spacial score (nSPS) is 18.1. The number of aliphatic imine (C=N–C) groups is 1. The summed E-state index contributed by atoms with van der Waals surface area (Å²) in [6.45, 7) is 8.02. The van der Waals surface area contributed by atoms with E-state index in [1.165, 1.54) is 11.1 Å². The molecule has 4 aromatic rings. The van der Waals surface area contributed by atoms with Crippen LogP contribution in [0.15, 0.2) is 95.8 Å². The maximum Gasteiger partial charge on any atom is 0.205 e. The third-order valence-electron chi connectivity index (χ3n) is 8.10. The predicted octanol–water partition coefficient (Wildman–Crippen LogP) is 5.65. The quantitative estimate of drug-likeness (QED) is 0.289. The Labute approximate surface area is 241 Å². The van der Waals surface area contributed by atoms with E-state index in [4.69, 9.17) is 9.73 Å². The van der Waals surface area contributed by atoms with Gasteiger partial charge >= 0.3 is 0 Å².